The molecule has 1 aliphatic heterocycles. The zero-order valence-corrected chi connectivity index (χ0v) is 24.5. The van der Waals surface area contributed by atoms with Crippen molar-refractivity contribution in [2.75, 3.05) is 46.0 Å². The molecule has 3 aromatic carbocycles. The number of fused-ring (bicyclic) bond motifs is 2. The second-order valence-electron chi connectivity index (χ2n) is 11.4. The van der Waals surface area contributed by atoms with E-state index in [1.165, 1.54) is 39.2 Å². The predicted octanol–water partition coefficient (Wildman–Crippen LogP) is 5.13. The summed E-state index contributed by atoms with van der Waals surface area (Å²) >= 11 is 0. The molecule has 224 valence electrons. The van der Waals surface area contributed by atoms with Crippen molar-refractivity contribution in [2.24, 2.45) is 0 Å². The van der Waals surface area contributed by atoms with Gasteiger partial charge in [-0.25, -0.2) is 5.48 Å². The number of rotatable bonds is 12. The number of hydrogen-bond donors (Lipinski definition) is 3. The van der Waals surface area contributed by atoms with Crippen LogP contribution in [0.2, 0.25) is 0 Å². The summed E-state index contributed by atoms with van der Waals surface area (Å²) in [7, 11) is 0. The van der Waals surface area contributed by atoms with E-state index < -0.39 is 5.91 Å². The number of hydroxylamine groups is 1. The first-order valence-electron chi connectivity index (χ1n) is 15.2. The highest BCUT2D eigenvalue weighted by molar-refractivity contribution is 5.90. The van der Waals surface area contributed by atoms with Crippen molar-refractivity contribution < 1.29 is 19.5 Å². The molecule has 4 aromatic rings. The minimum absolute atomic E-state index is 0.296. The fourth-order valence-electron chi connectivity index (χ4n) is 6.34. The summed E-state index contributed by atoms with van der Waals surface area (Å²) in [5, 5.41) is 10.1. The second kappa shape index (κ2) is 14.0. The number of H-pyrrole nitrogens is 1. The molecule has 1 aromatic heterocycles. The summed E-state index contributed by atoms with van der Waals surface area (Å²) in [6, 6.07) is 23.7. The molecule has 8 nitrogen and oxygen atoms in total. The first-order chi connectivity index (χ1) is 21.2. The summed E-state index contributed by atoms with van der Waals surface area (Å²) in [6.07, 6.45) is 8.21. The van der Waals surface area contributed by atoms with Gasteiger partial charge in [-0.2, -0.15) is 0 Å². The molecule has 1 fully saturated rings. The van der Waals surface area contributed by atoms with Crippen LogP contribution in [0.4, 0.5) is 0 Å². The van der Waals surface area contributed by atoms with Gasteiger partial charge in [0.2, 0.25) is 0 Å². The van der Waals surface area contributed by atoms with Crippen molar-refractivity contribution in [3.8, 4) is 5.75 Å². The number of morpholine rings is 1. The summed E-state index contributed by atoms with van der Waals surface area (Å²) < 4.78 is 11.6. The third-order valence-electron chi connectivity index (χ3n) is 8.60. The largest absolute Gasteiger partial charge is 0.492 e. The van der Waals surface area contributed by atoms with Gasteiger partial charge in [-0.3, -0.25) is 19.8 Å². The number of amides is 1. The van der Waals surface area contributed by atoms with E-state index in [4.69, 9.17) is 14.7 Å². The molecule has 0 saturated carbocycles. The first kappa shape index (κ1) is 29.1. The fourth-order valence-corrected chi connectivity index (χ4v) is 6.34. The zero-order chi connectivity index (χ0) is 29.4. The number of nitrogens with zero attached hydrogens (tertiary/aromatic N) is 2. The minimum Gasteiger partial charge on any atom is -0.492 e. The number of aromatic amines is 1. The molecule has 1 amide bonds. The average molecular weight is 581 g/mol. The Bertz CT molecular complexity index is 1560. The maximum absolute atomic E-state index is 11.5. The smallest absolute Gasteiger partial charge is 0.267 e. The van der Waals surface area contributed by atoms with Crippen LogP contribution < -0.4 is 10.2 Å². The van der Waals surface area contributed by atoms with Crippen molar-refractivity contribution in [2.45, 2.75) is 31.8 Å². The van der Waals surface area contributed by atoms with E-state index in [0.29, 0.717) is 12.6 Å². The molecule has 1 saturated heterocycles. The number of ether oxygens (including phenoxy) is 2. The molecule has 0 radical (unpaired) electrons. The van der Waals surface area contributed by atoms with Gasteiger partial charge in [0.05, 0.1) is 13.2 Å². The Hall–Kier alpha value is -3.95. The van der Waals surface area contributed by atoms with Crippen LogP contribution in [0.1, 0.15) is 40.3 Å². The lowest BCUT2D eigenvalue weighted by molar-refractivity contribution is -0.124. The SMILES string of the molecule is O=C(/C=C/c1ccc2c(c1)CCC2N(CCc1c[nH]c2ccccc12)Cc1cccc(OCCN2CCOCC2)c1)NO. The molecule has 43 heavy (non-hydrogen) atoms. The number of benzene rings is 3. The molecule has 3 N–H and O–H groups in total. The summed E-state index contributed by atoms with van der Waals surface area (Å²) in [4.78, 5) is 19.9. The van der Waals surface area contributed by atoms with Gasteiger partial charge in [0, 0.05) is 61.9 Å². The molecule has 1 unspecified atom stereocenters. The van der Waals surface area contributed by atoms with Gasteiger partial charge in [0.25, 0.3) is 5.91 Å². The molecule has 0 bridgehead atoms. The van der Waals surface area contributed by atoms with E-state index in [-0.39, 0.29) is 0 Å². The van der Waals surface area contributed by atoms with E-state index in [2.05, 4.69) is 87.7 Å². The van der Waals surface area contributed by atoms with Gasteiger partial charge in [-0.1, -0.05) is 48.5 Å². The third kappa shape index (κ3) is 7.35. The van der Waals surface area contributed by atoms with Gasteiger partial charge in [-0.15, -0.1) is 0 Å². The van der Waals surface area contributed by atoms with Gasteiger partial charge >= 0.3 is 0 Å². The lowest BCUT2D eigenvalue weighted by Crippen LogP contribution is -2.38. The monoisotopic (exact) mass is 580 g/mol. The molecule has 8 heteroatoms. The Morgan fingerprint density at radius 3 is 2.88 bits per heavy atom. The first-order valence-corrected chi connectivity index (χ1v) is 15.2. The van der Waals surface area contributed by atoms with Crippen molar-refractivity contribution in [1.82, 2.24) is 20.3 Å². The highest BCUT2D eigenvalue weighted by Gasteiger charge is 2.28. The van der Waals surface area contributed by atoms with E-state index in [0.717, 1.165) is 76.5 Å². The number of para-hydroxylation sites is 1. The Kier molecular flexibility index (Phi) is 9.50. The Morgan fingerprint density at radius 2 is 2.00 bits per heavy atom. The highest BCUT2D eigenvalue weighted by atomic mass is 16.5. The van der Waals surface area contributed by atoms with Crippen molar-refractivity contribution in [3.05, 3.63) is 107 Å². The van der Waals surface area contributed by atoms with E-state index >= 15 is 0 Å². The zero-order valence-electron chi connectivity index (χ0n) is 24.5. The molecule has 0 spiro atoms. The fraction of sp³-hybridized carbons (Fsp3) is 0.343. The van der Waals surface area contributed by atoms with Crippen molar-refractivity contribution in [1.29, 1.82) is 0 Å². The van der Waals surface area contributed by atoms with Crippen molar-refractivity contribution >= 4 is 22.9 Å². The Morgan fingerprint density at radius 1 is 1.12 bits per heavy atom. The number of hydrogen-bond acceptors (Lipinski definition) is 6. The lowest BCUT2D eigenvalue weighted by Gasteiger charge is -2.30. The molecular weight excluding hydrogens is 540 g/mol. The Balaban J connectivity index is 1.19. The molecule has 2 aliphatic rings. The van der Waals surface area contributed by atoms with Crippen LogP contribution >= 0.6 is 0 Å². The standard InChI is InChI=1S/C35H40N4O4/c40-35(37-41)13-9-26-8-11-32-28(22-26)10-12-34(32)39(15-14-29-24-36-33-7-2-1-6-31(29)33)25-27-4-3-5-30(23-27)43-21-18-38-16-19-42-20-17-38/h1-9,11,13,22-24,34,36,41H,10,12,14-21,25H2,(H,37,40)/b13-9+. The number of aromatic nitrogens is 1. The van der Waals surface area contributed by atoms with Crippen LogP contribution in [0.3, 0.4) is 0 Å². The van der Waals surface area contributed by atoms with Gasteiger partial charge in [0.15, 0.2) is 0 Å². The molecular formula is C35H40N4O4. The minimum atomic E-state index is -0.533. The topological polar surface area (TPSA) is 90.1 Å². The van der Waals surface area contributed by atoms with Crippen LogP contribution in [-0.2, 0) is 28.9 Å². The van der Waals surface area contributed by atoms with Gasteiger partial charge in [0.1, 0.15) is 12.4 Å². The van der Waals surface area contributed by atoms with Crippen LogP contribution in [0, 0.1) is 0 Å². The lowest BCUT2D eigenvalue weighted by atomic mass is 10.0. The second-order valence-corrected chi connectivity index (χ2v) is 11.4. The summed E-state index contributed by atoms with van der Waals surface area (Å²) in [6.45, 7) is 6.85. The van der Waals surface area contributed by atoms with Crippen LogP contribution in [0.25, 0.3) is 17.0 Å². The van der Waals surface area contributed by atoms with E-state index in [1.54, 1.807) is 11.6 Å². The van der Waals surface area contributed by atoms with E-state index in [1.807, 2.05) is 0 Å². The van der Waals surface area contributed by atoms with Crippen molar-refractivity contribution in [3.63, 3.8) is 0 Å². The van der Waals surface area contributed by atoms with Gasteiger partial charge < -0.3 is 14.5 Å². The summed E-state index contributed by atoms with van der Waals surface area (Å²) in [5.41, 5.74) is 9.01. The number of aryl methyl sites for hydroxylation is 1. The maximum atomic E-state index is 11.5. The average Bonchev–Trinajstić information content (AvgIpc) is 3.66. The molecule has 1 aliphatic carbocycles. The molecule has 6 rings (SSSR count). The van der Waals surface area contributed by atoms with Crippen LogP contribution in [0.15, 0.2) is 79.0 Å². The van der Waals surface area contributed by atoms with Crippen LogP contribution in [-0.4, -0.2) is 71.9 Å². The predicted molar refractivity (Wildman–Crippen MR) is 168 cm³/mol. The normalized spacial score (nSPS) is 17.1. The number of carbonyl (C=O) groups excluding carboxylic acids is 1. The van der Waals surface area contributed by atoms with Gasteiger partial charge in [-0.05, 0) is 71.4 Å². The number of nitrogens with one attached hydrogen (secondary N) is 2. The molecule has 2 heterocycles. The Labute approximate surface area is 252 Å². The quantitative estimate of drug-likeness (QED) is 0.122. The number of carbonyl (C=O) groups is 1. The maximum Gasteiger partial charge on any atom is 0.267 e. The van der Waals surface area contributed by atoms with Crippen LogP contribution in [0.5, 0.6) is 5.75 Å². The molecule has 1 atom stereocenters. The highest BCUT2D eigenvalue weighted by Crippen LogP contribution is 2.38. The summed E-state index contributed by atoms with van der Waals surface area (Å²) in [5.74, 6) is 0.381. The van der Waals surface area contributed by atoms with E-state index in [9.17, 15) is 4.79 Å². The third-order valence-corrected chi connectivity index (χ3v) is 8.60.